The number of nitrogens with zero attached hydrogens (tertiary/aromatic N) is 4. The number of aliphatic hydroxyl groups excluding tert-OH is 1. The molecule has 3 rings (SSSR count). The first-order chi connectivity index (χ1) is 12.0. The number of carbonyl (C=O) groups is 1. The fourth-order valence-electron chi connectivity index (χ4n) is 3.64. The summed E-state index contributed by atoms with van der Waals surface area (Å²) in [6, 6.07) is 2.02. The smallest absolute Gasteiger partial charge is 0.257 e. The van der Waals surface area contributed by atoms with Crippen LogP contribution in [0.4, 0.5) is 0 Å². The SMILES string of the molecule is Cc1[nH]nc(C(C)C)c1C(=O)N1CCC(c2ccnn2CCO)CC1. The minimum Gasteiger partial charge on any atom is -0.394 e. The second-order valence-electron chi connectivity index (χ2n) is 7.03. The van der Waals surface area contributed by atoms with Gasteiger partial charge >= 0.3 is 0 Å². The van der Waals surface area contributed by atoms with Crippen LogP contribution in [0, 0.1) is 6.92 Å². The molecule has 7 nitrogen and oxygen atoms in total. The molecule has 25 heavy (non-hydrogen) atoms. The summed E-state index contributed by atoms with van der Waals surface area (Å²) >= 11 is 0. The topological polar surface area (TPSA) is 87.0 Å². The van der Waals surface area contributed by atoms with E-state index in [9.17, 15) is 4.79 Å². The van der Waals surface area contributed by atoms with E-state index >= 15 is 0 Å². The minimum atomic E-state index is 0.0808. The van der Waals surface area contributed by atoms with E-state index in [1.54, 1.807) is 6.20 Å². The van der Waals surface area contributed by atoms with Crippen LogP contribution in [0.3, 0.4) is 0 Å². The second kappa shape index (κ2) is 7.39. The van der Waals surface area contributed by atoms with Crippen LogP contribution >= 0.6 is 0 Å². The number of piperidine rings is 1. The number of aromatic nitrogens is 4. The number of hydrogen-bond acceptors (Lipinski definition) is 4. The van der Waals surface area contributed by atoms with Crippen molar-refractivity contribution in [1.29, 1.82) is 0 Å². The average Bonchev–Trinajstić information content (AvgIpc) is 3.21. The van der Waals surface area contributed by atoms with Crippen molar-refractivity contribution in [3.8, 4) is 0 Å². The van der Waals surface area contributed by atoms with Gasteiger partial charge < -0.3 is 10.0 Å². The Morgan fingerprint density at radius 3 is 2.76 bits per heavy atom. The van der Waals surface area contributed by atoms with Crippen molar-refractivity contribution in [1.82, 2.24) is 24.9 Å². The molecule has 7 heteroatoms. The van der Waals surface area contributed by atoms with E-state index in [2.05, 4.69) is 29.1 Å². The lowest BCUT2D eigenvalue weighted by molar-refractivity contribution is 0.0708. The standard InChI is InChI=1S/C18H27N5O2/c1-12(2)17-16(13(3)20-21-17)18(25)22-8-5-14(6-9-22)15-4-7-19-23(15)10-11-24/h4,7,12,14,24H,5-6,8-11H2,1-3H3,(H,20,21). The zero-order valence-corrected chi connectivity index (χ0v) is 15.2. The molecule has 0 atom stereocenters. The van der Waals surface area contributed by atoms with E-state index in [0.717, 1.165) is 48.6 Å². The maximum atomic E-state index is 13.0. The number of hydrogen-bond donors (Lipinski definition) is 2. The van der Waals surface area contributed by atoms with Crippen molar-refractivity contribution in [2.24, 2.45) is 0 Å². The first-order valence-electron chi connectivity index (χ1n) is 8.99. The summed E-state index contributed by atoms with van der Waals surface area (Å²) in [4.78, 5) is 14.9. The van der Waals surface area contributed by atoms with Crippen molar-refractivity contribution in [2.75, 3.05) is 19.7 Å². The van der Waals surface area contributed by atoms with Gasteiger partial charge in [-0.15, -0.1) is 0 Å². The number of aryl methyl sites for hydroxylation is 1. The molecular weight excluding hydrogens is 318 g/mol. The largest absolute Gasteiger partial charge is 0.394 e. The van der Waals surface area contributed by atoms with Gasteiger partial charge in [0.05, 0.1) is 24.4 Å². The molecular formula is C18H27N5O2. The van der Waals surface area contributed by atoms with E-state index < -0.39 is 0 Å². The summed E-state index contributed by atoms with van der Waals surface area (Å²) in [5.41, 5.74) is 3.59. The molecule has 2 N–H and O–H groups in total. The maximum Gasteiger partial charge on any atom is 0.257 e. The molecule has 0 spiro atoms. The van der Waals surface area contributed by atoms with Crippen molar-refractivity contribution in [3.05, 3.63) is 34.9 Å². The van der Waals surface area contributed by atoms with E-state index in [-0.39, 0.29) is 18.4 Å². The molecule has 0 radical (unpaired) electrons. The summed E-state index contributed by atoms with van der Waals surface area (Å²) < 4.78 is 1.87. The number of likely N-dealkylation sites (tertiary alicyclic amines) is 1. The molecule has 0 unspecified atom stereocenters. The average molecular weight is 345 g/mol. The highest BCUT2D eigenvalue weighted by atomic mass is 16.3. The van der Waals surface area contributed by atoms with Gasteiger partial charge in [-0.25, -0.2) is 0 Å². The van der Waals surface area contributed by atoms with E-state index in [4.69, 9.17) is 5.11 Å². The Labute approximate surface area is 148 Å². The molecule has 0 aliphatic carbocycles. The summed E-state index contributed by atoms with van der Waals surface area (Å²) in [5, 5.41) is 20.7. The lowest BCUT2D eigenvalue weighted by atomic mass is 9.92. The highest BCUT2D eigenvalue weighted by Gasteiger charge is 2.29. The van der Waals surface area contributed by atoms with Crippen molar-refractivity contribution in [3.63, 3.8) is 0 Å². The zero-order chi connectivity index (χ0) is 18.0. The first-order valence-corrected chi connectivity index (χ1v) is 8.99. The van der Waals surface area contributed by atoms with Gasteiger partial charge in [0, 0.05) is 36.6 Å². The lowest BCUT2D eigenvalue weighted by Gasteiger charge is -2.32. The summed E-state index contributed by atoms with van der Waals surface area (Å²) in [7, 11) is 0. The molecule has 1 saturated heterocycles. The third-order valence-corrected chi connectivity index (χ3v) is 5.00. The molecule has 1 amide bonds. The monoisotopic (exact) mass is 345 g/mol. The molecule has 1 fully saturated rings. The van der Waals surface area contributed by atoms with Crippen LogP contribution in [-0.4, -0.2) is 55.6 Å². The minimum absolute atomic E-state index is 0.0808. The Hall–Kier alpha value is -2.15. The van der Waals surface area contributed by atoms with Crippen molar-refractivity contribution in [2.45, 2.75) is 52.0 Å². The van der Waals surface area contributed by atoms with Gasteiger partial charge in [-0.05, 0) is 31.7 Å². The predicted molar refractivity (Wildman–Crippen MR) is 94.6 cm³/mol. The number of nitrogens with one attached hydrogen (secondary N) is 1. The van der Waals surface area contributed by atoms with Crippen LogP contribution in [0.1, 0.15) is 66.0 Å². The van der Waals surface area contributed by atoms with Crippen LogP contribution < -0.4 is 0 Å². The van der Waals surface area contributed by atoms with Crippen LogP contribution in [0.2, 0.25) is 0 Å². The Balaban J connectivity index is 1.69. The van der Waals surface area contributed by atoms with Gasteiger partial charge in [0.25, 0.3) is 5.91 Å². The number of H-pyrrole nitrogens is 1. The summed E-state index contributed by atoms with van der Waals surface area (Å²) in [6.45, 7) is 8.09. The second-order valence-corrected chi connectivity index (χ2v) is 7.03. The molecule has 2 aromatic heterocycles. The van der Waals surface area contributed by atoms with Crippen LogP contribution in [-0.2, 0) is 6.54 Å². The predicted octanol–water partition coefficient (Wildman–Crippen LogP) is 2.05. The number of amides is 1. The van der Waals surface area contributed by atoms with Crippen LogP contribution in [0.25, 0.3) is 0 Å². The van der Waals surface area contributed by atoms with E-state index in [1.807, 2.05) is 22.6 Å². The van der Waals surface area contributed by atoms with E-state index in [1.165, 1.54) is 0 Å². The molecule has 0 aromatic carbocycles. The highest BCUT2D eigenvalue weighted by Crippen LogP contribution is 2.30. The molecule has 1 aliphatic heterocycles. The number of carbonyl (C=O) groups excluding carboxylic acids is 1. The highest BCUT2D eigenvalue weighted by molar-refractivity contribution is 5.96. The van der Waals surface area contributed by atoms with Crippen molar-refractivity contribution >= 4 is 5.91 Å². The number of aromatic amines is 1. The van der Waals surface area contributed by atoms with Crippen LogP contribution in [0.5, 0.6) is 0 Å². The molecule has 0 saturated carbocycles. The Morgan fingerprint density at radius 1 is 1.40 bits per heavy atom. The Morgan fingerprint density at radius 2 is 2.12 bits per heavy atom. The fraction of sp³-hybridized carbons (Fsp3) is 0.611. The number of rotatable bonds is 5. The zero-order valence-electron chi connectivity index (χ0n) is 15.2. The molecule has 3 heterocycles. The van der Waals surface area contributed by atoms with Crippen LogP contribution in [0.15, 0.2) is 12.3 Å². The van der Waals surface area contributed by atoms with Gasteiger partial charge in [0.1, 0.15) is 0 Å². The lowest BCUT2D eigenvalue weighted by Crippen LogP contribution is -2.39. The number of aliphatic hydroxyl groups is 1. The molecule has 1 aliphatic rings. The summed E-state index contributed by atoms with van der Waals surface area (Å²) in [5.74, 6) is 0.680. The van der Waals surface area contributed by atoms with Gasteiger partial charge in [-0.3, -0.25) is 14.6 Å². The molecule has 2 aromatic rings. The van der Waals surface area contributed by atoms with Gasteiger partial charge in [0.15, 0.2) is 0 Å². The first kappa shape index (κ1) is 17.7. The fourth-order valence-corrected chi connectivity index (χ4v) is 3.64. The Kier molecular flexibility index (Phi) is 5.22. The third kappa shape index (κ3) is 3.46. The van der Waals surface area contributed by atoms with Gasteiger partial charge in [-0.1, -0.05) is 13.8 Å². The Bertz CT molecular complexity index is 726. The van der Waals surface area contributed by atoms with E-state index in [0.29, 0.717) is 12.5 Å². The molecule has 0 bridgehead atoms. The summed E-state index contributed by atoms with van der Waals surface area (Å²) in [6.07, 6.45) is 3.61. The molecule has 136 valence electrons. The van der Waals surface area contributed by atoms with Crippen molar-refractivity contribution < 1.29 is 9.90 Å². The maximum absolute atomic E-state index is 13.0. The third-order valence-electron chi connectivity index (χ3n) is 5.00. The quantitative estimate of drug-likeness (QED) is 0.868. The van der Waals surface area contributed by atoms with Gasteiger partial charge in [-0.2, -0.15) is 10.2 Å². The van der Waals surface area contributed by atoms with Gasteiger partial charge in [0.2, 0.25) is 0 Å². The normalized spacial score (nSPS) is 16.0.